The highest BCUT2D eigenvalue weighted by Gasteiger charge is 2.11. The van der Waals surface area contributed by atoms with E-state index in [2.05, 4.69) is 10.1 Å². The smallest absolute Gasteiger partial charge is 0.339 e. The second-order valence-electron chi connectivity index (χ2n) is 2.88. The number of aromatic carboxylic acids is 1. The van der Waals surface area contributed by atoms with Gasteiger partial charge in [0.15, 0.2) is 11.5 Å². The lowest BCUT2D eigenvalue weighted by atomic mass is 10.3. The number of fused-ring (bicyclic) bond motifs is 1. The van der Waals surface area contributed by atoms with Crippen molar-refractivity contribution in [3.8, 4) is 0 Å². The number of nitrogens with zero attached hydrogens (tertiary/aromatic N) is 3. The SMILES string of the molecule is CCc1nc2c(C(=O)O)cccn2n1. The lowest BCUT2D eigenvalue weighted by Gasteiger charge is -1.94. The third-order valence-electron chi connectivity index (χ3n) is 1.95. The van der Waals surface area contributed by atoms with Gasteiger partial charge in [0.25, 0.3) is 0 Å². The summed E-state index contributed by atoms with van der Waals surface area (Å²) in [4.78, 5) is 15.0. The molecule has 0 unspecified atom stereocenters. The van der Waals surface area contributed by atoms with Crippen molar-refractivity contribution < 1.29 is 9.90 Å². The number of carbonyl (C=O) groups is 1. The van der Waals surface area contributed by atoms with Crippen molar-refractivity contribution in [2.75, 3.05) is 0 Å². The fourth-order valence-corrected chi connectivity index (χ4v) is 1.27. The van der Waals surface area contributed by atoms with Gasteiger partial charge in [-0.1, -0.05) is 6.92 Å². The molecule has 0 aromatic carbocycles. The number of hydrogen-bond donors (Lipinski definition) is 1. The third kappa shape index (κ3) is 1.22. The van der Waals surface area contributed by atoms with E-state index in [1.54, 1.807) is 12.3 Å². The van der Waals surface area contributed by atoms with E-state index in [4.69, 9.17) is 5.11 Å². The van der Waals surface area contributed by atoms with Crippen molar-refractivity contribution in [3.05, 3.63) is 29.7 Å². The summed E-state index contributed by atoms with van der Waals surface area (Å²) < 4.78 is 1.49. The van der Waals surface area contributed by atoms with Gasteiger partial charge in [0, 0.05) is 12.6 Å². The van der Waals surface area contributed by atoms with Gasteiger partial charge in [-0.3, -0.25) is 0 Å². The van der Waals surface area contributed by atoms with Crippen LogP contribution in [0.2, 0.25) is 0 Å². The fraction of sp³-hybridized carbons (Fsp3) is 0.222. The predicted molar refractivity (Wildman–Crippen MR) is 49.3 cm³/mol. The van der Waals surface area contributed by atoms with E-state index in [0.29, 0.717) is 17.9 Å². The molecule has 1 N–H and O–H groups in total. The van der Waals surface area contributed by atoms with Gasteiger partial charge in [-0.2, -0.15) is 5.10 Å². The molecule has 2 aromatic heterocycles. The number of pyridine rings is 1. The Morgan fingerprint density at radius 2 is 2.43 bits per heavy atom. The Balaban J connectivity index is 2.73. The molecule has 2 heterocycles. The van der Waals surface area contributed by atoms with Crippen LogP contribution < -0.4 is 0 Å². The zero-order valence-corrected chi connectivity index (χ0v) is 7.64. The summed E-state index contributed by atoms with van der Waals surface area (Å²) in [7, 11) is 0. The summed E-state index contributed by atoms with van der Waals surface area (Å²) in [5.41, 5.74) is 0.580. The molecule has 0 aliphatic heterocycles. The van der Waals surface area contributed by atoms with Crippen LogP contribution in [0, 0.1) is 0 Å². The fourth-order valence-electron chi connectivity index (χ4n) is 1.27. The minimum Gasteiger partial charge on any atom is -0.478 e. The second kappa shape index (κ2) is 3.10. The van der Waals surface area contributed by atoms with Gasteiger partial charge in [-0.05, 0) is 12.1 Å². The largest absolute Gasteiger partial charge is 0.478 e. The Labute approximate surface area is 80.0 Å². The Morgan fingerprint density at radius 1 is 1.64 bits per heavy atom. The first-order chi connectivity index (χ1) is 6.72. The topological polar surface area (TPSA) is 67.5 Å². The normalized spacial score (nSPS) is 10.6. The molecule has 2 aromatic rings. The van der Waals surface area contributed by atoms with Crippen LogP contribution >= 0.6 is 0 Å². The summed E-state index contributed by atoms with van der Waals surface area (Å²) in [6, 6.07) is 3.16. The Morgan fingerprint density at radius 3 is 3.07 bits per heavy atom. The van der Waals surface area contributed by atoms with E-state index in [9.17, 15) is 4.79 Å². The first-order valence-corrected chi connectivity index (χ1v) is 4.30. The predicted octanol–water partition coefficient (Wildman–Crippen LogP) is 0.990. The quantitative estimate of drug-likeness (QED) is 0.768. The zero-order valence-electron chi connectivity index (χ0n) is 7.64. The van der Waals surface area contributed by atoms with Gasteiger partial charge in [-0.25, -0.2) is 14.3 Å². The molecule has 0 atom stereocenters. The molecule has 5 nitrogen and oxygen atoms in total. The number of carboxylic acid groups (broad SMARTS) is 1. The Hall–Kier alpha value is -1.91. The molecule has 2 rings (SSSR count). The van der Waals surface area contributed by atoms with E-state index in [0.717, 1.165) is 0 Å². The van der Waals surface area contributed by atoms with Crippen molar-refractivity contribution in [2.45, 2.75) is 13.3 Å². The highest BCUT2D eigenvalue weighted by atomic mass is 16.4. The van der Waals surface area contributed by atoms with Crippen LogP contribution in [-0.4, -0.2) is 25.7 Å². The molecule has 72 valence electrons. The third-order valence-corrected chi connectivity index (χ3v) is 1.95. The Bertz CT molecular complexity index is 490. The van der Waals surface area contributed by atoms with Crippen LogP contribution in [0.4, 0.5) is 0 Å². The molecule has 0 radical (unpaired) electrons. The summed E-state index contributed by atoms with van der Waals surface area (Å²) in [5.74, 6) is -0.329. The van der Waals surface area contributed by atoms with Gasteiger partial charge in [0.05, 0.1) is 0 Å². The van der Waals surface area contributed by atoms with Gasteiger partial charge in [0.2, 0.25) is 0 Å². The summed E-state index contributed by atoms with van der Waals surface area (Å²) in [6.45, 7) is 1.93. The molecule has 0 amide bonds. The second-order valence-corrected chi connectivity index (χ2v) is 2.88. The van der Waals surface area contributed by atoms with E-state index >= 15 is 0 Å². The molecule has 5 heteroatoms. The number of rotatable bonds is 2. The summed E-state index contributed by atoms with van der Waals surface area (Å²) in [6.07, 6.45) is 2.38. The van der Waals surface area contributed by atoms with Gasteiger partial charge < -0.3 is 5.11 Å². The van der Waals surface area contributed by atoms with Crippen molar-refractivity contribution in [3.63, 3.8) is 0 Å². The van der Waals surface area contributed by atoms with Crippen LogP contribution in [0.25, 0.3) is 5.65 Å². The average molecular weight is 191 g/mol. The van der Waals surface area contributed by atoms with E-state index in [1.807, 2.05) is 6.92 Å². The van der Waals surface area contributed by atoms with Gasteiger partial charge in [0.1, 0.15) is 5.56 Å². The average Bonchev–Trinajstić information content (AvgIpc) is 2.59. The zero-order chi connectivity index (χ0) is 10.1. The highest BCUT2D eigenvalue weighted by molar-refractivity contribution is 5.94. The van der Waals surface area contributed by atoms with E-state index in [-0.39, 0.29) is 5.56 Å². The molecule has 0 bridgehead atoms. The molecule has 0 aliphatic carbocycles. The van der Waals surface area contributed by atoms with Crippen LogP contribution in [-0.2, 0) is 6.42 Å². The monoisotopic (exact) mass is 191 g/mol. The lowest BCUT2D eigenvalue weighted by Crippen LogP contribution is -2.00. The minimum atomic E-state index is -0.981. The Kier molecular flexibility index (Phi) is 1.92. The maximum Gasteiger partial charge on any atom is 0.339 e. The molecule has 14 heavy (non-hydrogen) atoms. The van der Waals surface area contributed by atoms with Gasteiger partial charge >= 0.3 is 5.97 Å². The van der Waals surface area contributed by atoms with Crippen LogP contribution in [0.3, 0.4) is 0 Å². The maximum atomic E-state index is 10.8. The number of carboxylic acids is 1. The molecule has 0 aliphatic rings. The first-order valence-electron chi connectivity index (χ1n) is 4.30. The standard InChI is InChI=1S/C9H9N3O2/c1-2-7-10-8-6(9(13)14)4-3-5-12(8)11-7/h3-5H,2H2,1H3,(H,13,14). The molecular formula is C9H9N3O2. The number of aryl methyl sites for hydroxylation is 1. The van der Waals surface area contributed by atoms with Crippen LogP contribution in [0.5, 0.6) is 0 Å². The number of hydrogen-bond acceptors (Lipinski definition) is 3. The van der Waals surface area contributed by atoms with E-state index < -0.39 is 5.97 Å². The highest BCUT2D eigenvalue weighted by Crippen LogP contribution is 2.08. The van der Waals surface area contributed by atoms with Crippen molar-refractivity contribution >= 4 is 11.6 Å². The number of aromatic nitrogens is 3. The molecule has 0 saturated carbocycles. The summed E-state index contributed by atoms with van der Waals surface area (Å²) >= 11 is 0. The molecule has 0 spiro atoms. The van der Waals surface area contributed by atoms with E-state index in [1.165, 1.54) is 10.6 Å². The van der Waals surface area contributed by atoms with Crippen molar-refractivity contribution in [1.29, 1.82) is 0 Å². The minimum absolute atomic E-state index is 0.180. The molecule has 0 saturated heterocycles. The first kappa shape index (κ1) is 8.68. The molecule has 0 fully saturated rings. The maximum absolute atomic E-state index is 10.8. The van der Waals surface area contributed by atoms with Gasteiger partial charge in [-0.15, -0.1) is 0 Å². The van der Waals surface area contributed by atoms with Crippen molar-refractivity contribution in [2.24, 2.45) is 0 Å². The van der Waals surface area contributed by atoms with Crippen molar-refractivity contribution in [1.82, 2.24) is 14.6 Å². The molecular weight excluding hydrogens is 182 g/mol. The van der Waals surface area contributed by atoms with Crippen LogP contribution in [0.1, 0.15) is 23.1 Å². The summed E-state index contributed by atoms with van der Waals surface area (Å²) in [5, 5.41) is 13.0. The lowest BCUT2D eigenvalue weighted by molar-refractivity contribution is 0.0698. The van der Waals surface area contributed by atoms with Crippen LogP contribution in [0.15, 0.2) is 18.3 Å².